The Morgan fingerprint density at radius 1 is 1.04 bits per heavy atom. The Morgan fingerprint density at radius 2 is 1.73 bits per heavy atom. The zero-order valence-electron chi connectivity index (χ0n) is 13.7. The van der Waals surface area contributed by atoms with Gasteiger partial charge in [-0.1, -0.05) is 36.0 Å². The number of alkyl halides is 3. The van der Waals surface area contributed by atoms with Crippen LogP contribution in [-0.2, 0) is 11.0 Å². The van der Waals surface area contributed by atoms with E-state index < -0.39 is 17.0 Å². The van der Waals surface area contributed by atoms with Gasteiger partial charge in [-0.3, -0.25) is 4.79 Å². The van der Waals surface area contributed by atoms with Gasteiger partial charge in [0.1, 0.15) is 0 Å². The number of thioether (sulfide) groups is 1. The van der Waals surface area contributed by atoms with Crippen molar-refractivity contribution in [1.82, 2.24) is 4.98 Å². The van der Waals surface area contributed by atoms with Gasteiger partial charge in [0.2, 0.25) is 5.91 Å². The number of hydrogen-bond acceptors (Lipinski definition) is 3. The Kier molecular flexibility index (Phi) is 5.18. The van der Waals surface area contributed by atoms with Gasteiger partial charge in [0.15, 0.2) is 0 Å². The minimum Gasteiger partial charge on any atom is -0.325 e. The van der Waals surface area contributed by atoms with E-state index in [1.165, 1.54) is 23.9 Å². The van der Waals surface area contributed by atoms with E-state index in [0.717, 1.165) is 23.0 Å². The van der Waals surface area contributed by atoms with E-state index in [1.807, 2.05) is 36.4 Å². The van der Waals surface area contributed by atoms with Crippen molar-refractivity contribution in [2.45, 2.75) is 23.4 Å². The number of benzene rings is 2. The molecule has 0 bridgehead atoms. The van der Waals surface area contributed by atoms with Crippen molar-refractivity contribution in [3.63, 3.8) is 0 Å². The number of carbonyl (C=O) groups excluding carboxylic acids is 1. The number of nitrogens with one attached hydrogen (secondary N) is 1. The van der Waals surface area contributed by atoms with Gasteiger partial charge in [-0.25, -0.2) is 4.98 Å². The van der Waals surface area contributed by atoms with Crippen molar-refractivity contribution in [3.05, 3.63) is 66.2 Å². The van der Waals surface area contributed by atoms with Crippen LogP contribution in [0.5, 0.6) is 0 Å². The van der Waals surface area contributed by atoms with Gasteiger partial charge in [-0.2, -0.15) is 13.2 Å². The number of para-hydroxylation sites is 1. The van der Waals surface area contributed by atoms with E-state index in [4.69, 9.17) is 0 Å². The molecule has 26 heavy (non-hydrogen) atoms. The maximum absolute atomic E-state index is 12.6. The summed E-state index contributed by atoms with van der Waals surface area (Å²) in [5.74, 6) is -0.301. The summed E-state index contributed by atoms with van der Waals surface area (Å²) in [6.45, 7) is 1.72. The quantitative estimate of drug-likeness (QED) is 0.622. The summed E-state index contributed by atoms with van der Waals surface area (Å²) in [5, 5.41) is 3.89. The van der Waals surface area contributed by atoms with Crippen molar-refractivity contribution in [1.29, 1.82) is 0 Å². The summed E-state index contributed by atoms with van der Waals surface area (Å²) in [6, 6.07) is 15.8. The van der Waals surface area contributed by atoms with Gasteiger partial charge >= 0.3 is 6.18 Å². The monoisotopic (exact) mass is 376 g/mol. The summed E-state index contributed by atoms with van der Waals surface area (Å²) in [5.41, 5.74) is 0.410. The summed E-state index contributed by atoms with van der Waals surface area (Å²) in [4.78, 5) is 16.8. The fourth-order valence-electron chi connectivity index (χ4n) is 2.33. The van der Waals surface area contributed by atoms with Gasteiger partial charge in [0.25, 0.3) is 0 Å². The highest BCUT2D eigenvalue weighted by molar-refractivity contribution is 8.00. The number of carbonyl (C=O) groups is 1. The van der Waals surface area contributed by atoms with Crippen molar-refractivity contribution < 1.29 is 18.0 Å². The first-order chi connectivity index (χ1) is 12.3. The molecule has 1 heterocycles. The molecule has 0 saturated carbocycles. The van der Waals surface area contributed by atoms with Crippen LogP contribution in [0.25, 0.3) is 10.9 Å². The van der Waals surface area contributed by atoms with Crippen molar-refractivity contribution in [2.75, 3.05) is 5.32 Å². The molecule has 1 amide bonds. The Balaban J connectivity index is 1.65. The Labute approximate surface area is 152 Å². The highest BCUT2D eigenvalue weighted by Gasteiger charge is 2.30. The number of aromatic nitrogens is 1. The first-order valence-corrected chi connectivity index (χ1v) is 8.71. The zero-order chi connectivity index (χ0) is 18.7. The maximum atomic E-state index is 12.6. The van der Waals surface area contributed by atoms with E-state index in [2.05, 4.69) is 10.3 Å². The second-order valence-corrected chi connectivity index (χ2v) is 7.03. The Bertz CT molecular complexity index is 926. The molecule has 0 radical (unpaired) electrons. The molecule has 2 aromatic carbocycles. The van der Waals surface area contributed by atoms with Gasteiger partial charge in [0.05, 0.1) is 21.4 Å². The summed E-state index contributed by atoms with van der Waals surface area (Å²) < 4.78 is 37.7. The van der Waals surface area contributed by atoms with Crippen LogP contribution in [-0.4, -0.2) is 16.1 Å². The minimum absolute atomic E-state index is 0.301. The molecule has 0 fully saturated rings. The molecular weight excluding hydrogens is 361 g/mol. The van der Waals surface area contributed by atoms with Crippen LogP contribution in [0.15, 0.2) is 65.7 Å². The standard InChI is InChI=1S/C19H15F3N2OS/c1-12(26-17-11-6-13-4-2-3-5-16(13)24-17)18(25)23-15-9-7-14(8-10-15)19(20,21)22/h2-12H,1H3,(H,23,25)/t12-/m1/s1. The number of amides is 1. The van der Waals surface area contributed by atoms with Crippen LogP contribution >= 0.6 is 11.8 Å². The predicted molar refractivity (Wildman–Crippen MR) is 97.1 cm³/mol. The van der Waals surface area contributed by atoms with Gasteiger partial charge in [-0.05, 0) is 43.3 Å². The molecule has 1 atom stereocenters. The number of rotatable bonds is 4. The average Bonchev–Trinajstić information content (AvgIpc) is 2.61. The number of fused-ring (bicyclic) bond motifs is 1. The molecule has 0 aliphatic rings. The third-order valence-corrected chi connectivity index (χ3v) is 4.76. The van der Waals surface area contributed by atoms with Gasteiger partial charge in [0, 0.05) is 11.1 Å². The van der Waals surface area contributed by atoms with E-state index >= 15 is 0 Å². The average molecular weight is 376 g/mol. The lowest BCUT2D eigenvalue weighted by atomic mass is 10.2. The van der Waals surface area contributed by atoms with Crippen LogP contribution in [0.4, 0.5) is 18.9 Å². The zero-order valence-corrected chi connectivity index (χ0v) is 14.6. The number of pyridine rings is 1. The first-order valence-electron chi connectivity index (χ1n) is 7.83. The van der Waals surface area contributed by atoms with Crippen LogP contribution in [0.3, 0.4) is 0 Å². The second kappa shape index (κ2) is 7.37. The highest BCUT2D eigenvalue weighted by Crippen LogP contribution is 2.30. The highest BCUT2D eigenvalue weighted by atomic mass is 32.2. The van der Waals surface area contributed by atoms with Crippen LogP contribution in [0.2, 0.25) is 0 Å². The summed E-state index contributed by atoms with van der Waals surface area (Å²) >= 11 is 1.29. The molecule has 0 spiro atoms. The second-order valence-electron chi connectivity index (χ2n) is 5.67. The number of halogens is 3. The third-order valence-electron chi connectivity index (χ3n) is 3.72. The first kappa shape index (κ1) is 18.3. The molecule has 0 saturated heterocycles. The lowest BCUT2D eigenvalue weighted by molar-refractivity contribution is -0.137. The molecular formula is C19H15F3N2OS. The van der Waals surface area contributed by atoms with E-state index in [0.29, 0.717) is 10.7 Å². The van der Waals surface area contributed by atoms with Crippen LogP contribution < -0.4 is 5.32 Å². The normalized spacial score (nSPS) is 12.8. The van der Waals surface area contributed by atoms with E-state index in [-0.39, 0.29) is 5.91 Å². The molecule has 3 aromatic rings. The molecule has 0 unspecified atom stereocenters. The molecule has 1 N–H and O–H groups in total. The van der Waals surface area contributed by atoms with Crippen molar-refractivity contribution in [3.8, 4) is 0 Å². The third kappa shape index (κ3) is 4.35. The number of nitrogens with zero attached hydrogens (tertiary/aromatic N) is 1. The lowest BCUT2D eigenvalue weighted by Crippen LogP contribution is -2.22. The molecule has 0 aliphatic heterocycles. The molecule has 1 aromatic heterocycles. The molecule has 3 rings (SSSR count). The van der Waals surface area contributed by atoms with Crippen molar-refractivity contribution in [2.24, 2.45) is 0 Å². The largest absolute Gasteiger partial charge is 0.416 e. The van der Waals surface area contributed by atoms with Gasteiger partial charge < -0.3 is 5.32 Å². The summed E-state index contributed by atoms with van der Waals surface area (Å²) in [7, 11) is 0. The molecule has 3 nitrogen and oxygen atoms in total. The maximum Gasteiger partial charge on any atom is 0.416 e. The lowest BCUT2D eigenvalue weighted by Gasteiger charge is -2.13. The topological polar surface area (TPSA) is 42.0 Å². The Hall–Kier alpha value is -2.54. The molecule has 7 heteroatoms. The number of anilines is 1. The summed E-state index contributed by atoms with van der Waals surface area (Å²) in [6.07, 6.45) is -4.40. The minimum atomic E-state index is -4.40. The molecule has 0 aliphatic carbocycles. The van der Waals surface area contributed by atoms with Gasteiger partial charge in [-0.15, -0.1) is 0 Å². The molecule has 134 valence electrons. The van der Waals surface area contributed by atoms with Crippen molar-refractivity contribution >= 4 is 34.3 Å². The Morgan fingerprint density at radius 3 is 2.42 bits per heavy atom. The fraction of sp³-hybridized carbons (Fsp3) is 0.158. The number of hydrogen-bond donors (Lipinski definition) is 1. The van der Waals surface area contributed by atoms with Crippen LogP contribution in [0, 0.1) is 0 Å². The SMILES string of the molecule is C[C@@H](Sc1ccc2ccccc2n1)C(=O)Nc1ccc(C(F)(F)F)cc1. The van der Waals surface area contributed by atoms with E-state index in [9.17, 15) is 18.0 Å². The fourth-order valence-corrected chi connectivity index (χ4v) is 3.16. The van der Waals surface area contributed by atoms with E-state index in [1.54, 1.807) is 6.92 Å². The predicted octanol–water partition coefficient (Wildman–Crippen LogP) is 5.37. The smallest absolute Gasteiger partial charge is 0.325 e. The van der Waals surface area contributed by atoms with Crippen LogP contribution in [0.1, 0.15) is 12.5 Å².